The van der Waals surface area contributed by atoms with Crippen LogP contribution in [0, 0.1) is 0 Å². The summed E-state index contributed by atoms with van der Waals surface area (Å²) < 4.78 is 0. The number of rotatable bonds is 5. The zero-order chi connectivity index (χ0) is 12.2. The van der Waals surface area contributed by atoms with Crippen molar-refractivity contribution >= 4 is 5.97 Å². The number of phenols is 1. The predicted octanol–water partition coefficient (Wildman–Crippen LogP) is 1.74. The lowest BCUT2D eigenvalue weighted by molar-refractivity contribution is -0.144. The minimum Gasteiger partial charge on any atom is -0.508 e. The Hall–Kier alpha value is -1.55. The first-order chi connectivity index (χ1) is 7.48. The van der Waals surface area contributed by atoms with Gasteiger partial charge >= 0.3 is 5.97 Å². The van der Waals surface area contributed by atoms with E-state index in [4.69, 9.17) is 5.11 Å². The second-order valence-electron chi connectivity index (χ2n) is 4.01. The van der Waals surface area contributed by atoms with E-state index in [2.05, 4.69) is 5.32 Å². The summed E-state index contributed by atoms with van der Waals surface area (Å²) in [6.07, 6.45) is 0.501. The monoisotopic (exact) mass is 223 g/mol. The molecule has 0 saturated carbocycles. The Balaban J connectivity index is 2.66. The molecule has 0 aliphatic carbocycles. The summed E-state index contributed by atoms with van der Waals surface area (Å²) in [5.41, 5.74) is -0.0632. The summed E-state index contributed by atoms with van der Waals surface area (Å²) in [5, 5.41) is 21.3. The molecule has 0 bridgehead atoms. The molecular formula is C12H17NO3. The van der Waals surface area contributed by atoms with Gasteiger partial charge in [-0.15, -0.1) is 0 Å². The summed E-state index contributed by atoms with van der Waals surface area (Å²) in [4.78, 5) is 11.0. The molecule has 3 N–H and O–H groups in total. The fourth-order valence-electron chi connectivity index (χ4n) is 1.32. The van der Waals surface area contributed by atoms with Crippen LogP contribution in [0.15, 0.2) is 24.3 Å². The van der Waals surface area contributed by atoms with Crippen LogP contribution in [0.1, 0.15) is 25.8 Å². The van der Waals surface area contributed by atoms with Crippen molar-refractivity contribution in [2.45, 2.75) is 32.4 Å². The highest BCUT2D eigenvalue weighted by Crippen LogP contribution is 2.14. The van der Waals surface area contributed by atoms with Crippen molar-refractivity contribution in [2.75, 3.05) is 0 Å². The average Bonchev–Trinajstić information content (AvgIpc) is 2.26. The van der Waals surface area contributed by atoms with Gasteiger partial charge in [0.05, 0.1) is 0 Å². The number of aliphatic carboxylic acids is 1. The van der Waals surface area contributed by atoms with Crippen molar-refractivity contribution in [1.29, 1.82) is 0 Å². The number of hydrogen-bond donors (Lipinski definition) is 3. The van der Waals surface area contributed by atoms with Gasteiger partial charge < -0.3 is 10.2 Å². The maximum Gasteiger partial charge on any atom is 0.323 e. The molecule has 0 amide bonds. The molecule has 0 fully saturated rings. The van der Waals surface area contributed by atoms with Crippen LogP contribution in [0.5, 0.6) is 5.75 Å². The van der Waals surface area contributed by atoms with Crippen LogP contribution in [0.4, 0.5) is 0 Å². The molecule has 0 aliphatic rings. The van der Waals surface area contributed by atoms with E-state index < -0.39 is 11.5 Å². The van der Waals surface area contributed by atoms with Crippen molar-refractivity contribution in [3.8, 4) is 5.75 Å². The van der Waals surface area contributed by atoms with Crippen molar-refractivity contribution < 1.29 is 15.0 Å². The first-order valence-corrected chi connectivity index (χ1v) is 5.24. The zero-order valence-electron chi connectivity index (χ0n) is 9.53. The molecule has 88 valence electrons. The number of benzene rings is 1. The molecule has 0 saturated heterocycles. The third-order valence-corrected chi connectivity index (χ3v) is 2.77. The lowest BCUT2D eigenvalue weighted by Crippen LogP contribution is -2.48. The highest BCUT2D eigenvalue weighted by molar-refractivity contribution is 5.78. The van der Waals surface area contributed by atoms with E-state index in [1.54, 1.807) is 25.1 Å². The highest BCUT2D eigenvalue weighted by Gasteiger charge is 2.29. The Bertz CT molecular complexity index is 378. The Labute approximate surface area is 94.9 Å². The summed E-state index contributed by atoms with van der Waals surface area (Å²) in [7, 11) is 0. The third kappa shape index (κ3) is 2.97. The molecule has 0 aliphatic heterocycles. The van der Waals surface area contributed by atoms with Crippen molar-refractivity contribution in [1.82, 2.24) is 5.32 Å². The van der Waals surface area contributed by atoms with E-state index in [-0.39, 0.29) is 5.75 Å². The van der Waals surface area contributed by atoms with Gasteiger partial charge in [-0.2, -0.15) is 0 Å². The average molecular weight is 223 g/mol. The number of hydrogen-bond acceptors (Lipinski definition) is 3. The Morgan fingerprint density at radius 1 is 1.50 bits per heavy atom. The van der Waals surface area contributed by atoms with Crippen LogP contribution >= 0.6 is 0 Å². The summed E-state index contributed by atoms with van der Waals surface area (Å²) >= 11 is 0. The molecule has 4 heteroatoms. The van der Waals surface area contributed by atoms with Gasteiger partial charge in [0.2, 0.25) is 0 Å². The largest absolute Gasteiger partial charge is 0.508 e. The number of carboxylic acids is 1. The fourth-order valence-corrected chi connectivity index (χ4v) is 1.32. The molecule has 16 heavy (non-hydrogen) atoms. The molecule has 1 aromatic carbocycles. The van der Waals surface area contributed by atoms with Gasteiger partial charge in [0.15, 0.2) is 0 Å². The molecule has 1 unspecified atom stereocenters. The molecule has 0 radical (unpaired) electrons. The van der Waals surface area contributed by atoms with Gasteiger partial charge in [0.25, 0.3) is 0 Å². The van der Waals surface area contributed by atoms with Gasteiger partial charge in [-0.3, -0.25) is 10.1 Å². The summed E-state index contributed by atoms with van der Waals surface area (Å²) in [6.45, 7) is 3.90. The molecular weight excluding hydrogens is 206 g/mol. The normalized spacial score (nSPS) is 14.4. The Kier molecular flexibility index (Phi) is 3.90. The van der Waals surface area contributed by atoms with Crippen LogP contribution in [0.25, 0.3) is 0 Å². The van der Waals surface area contributed by atoms with Crippen LogP contribution < -0.4 is 5.32 Å². The first kappa shape index (κ1) is 12.5. The number of carboxylic acid groups (broad SMARTS) is 1. The predicted molar refractivity (Wildman–Crippen MR) is 61.3 cm³/mol. The molecule has 0 aromatic heterocycles. The standard InChI is InChI=1S/C12H17NO3/c1-3-12(2,11(15)16)13-8-9-5-4-6-10(14)7-9/h4-7,13-14H,3,8H2,1-2H3,(H,15,16). The van der Waals surface area contributed by atoms with Crippen LogP contribution in [-0.4, -0.2) is 21.7 Å². The van der Waals surface area contributed by atoms with Gasteiger partial charge in [-0.05, 0) is 31.0 Å². The van der Waals surface area contributed by atoms with Crippen LogP contribution in [0.3, 0.4) is 0 Å². The van der Waals surface area contributed by atoms with Gasteiger partial charge in [-0.1, -0.05) is 19.1 Å². The maximum atomic E-state index is 11.0. The number of carbonyl (C=O) groups is 1. The molecule has 1 aromatic rings. The van der Waals surface area contributed by atoms with E-state index in [0.29, 0.717) is 13.0 Å². The molecule has 0 heterocycles. The first-order valence-electron chi connectivity index (χ1n) is 5.24. The fraction of sp³-hybridized carbons (Fsp3) is 0.417. The van der Waals surface area contributed by atoms with Gasteiger partial charge in [0.1, 0.15) is 11.3 Å². The van der Waals surface area contributed by atoms with E-state index in [9.17, 15) is 9.90 Å². The molecule has 0 spiro atoms. The lowest BCUT2D eigenvalue weighted by Gasteiger charge is -2.24. The zero-order valence-corrected chi connectivity index (χ0v) is 9.53. The van der Waals surface area contributed by atoms with Gasteiger partial charge in [0, 0.05) is 6.54 Å². The van der Waals surface area contributed by atoms with Crippen molar-refractivity contribution in [3.63, 3.8) is 0 Å². The lowest BCUT2D eigenvalue weighted by atomic mass is 9.99. The quantitative estimate of drug-likeness (QED) is 0.711. The number of nitrogens with one attached hydrogen (secondary N) is 1. The SMILES string of the molecule is CCC(C)(NCc1cccc(O)c1)C(=O)O. The maximum absolute atomic E-state index is 11.0. The smallest absolute Gasteiger partial charge is 0.323 e. The minimum absolute atomic E-state index is 0.188. The van der Waals surface area contributed by atoms with E-state index >= 15 is 0 Å². The Morgan fingerprint density at radius 2 is 2.19 bits per heavy atom. The number of phenolic OH excluding ortho intramolecular Hbond substituents is 1. The van der Waals surface area contributed by atoms with Crippen LogP contribution in [-0.2, 0) is 11.3 Å². The Morgan fingerprint density at radius 3 is 2.69 bits per heavy atom. The summed E-state index contributed by atoms with van der Waals surface area (Å²) in [6, 6.07) is 6.77. The minimum atomic E-state index is -0.925. The second-order valence-corrected chi connectivity index (χ2v) is 4.01. The molecule has 1 atom stereocenters. The van der Waals surface area contributed by atoms with E-state index in [0.717, 1.165) is 5.56 Å². The second kappa shape index (κ2) is 4.99. The van der Waals surface area contributed by atoms with Gasteiger partial charge in [-0.25, -0.2) is 0 Å². The third-order valence-electron chi connectivity index (χ3n) is 2.77. The molecule has 4 nitrogen and oxygen atoms in total. The summed E-state index contributed by atoms with van der Waals surface area (Å²) in [5.74, 6) is -0.678. The van der Waals surface area contributed by atoms with Crippen molar-refractivity contribution in [2.24, 2.45) is 0 Å². The van der Waals surface area contributed by atoms with E-state index in [1.165, 1.54) is 0 Å². The molecule has 1 rings (SSSR count). The topological polar surface area (TPSA) is 69.6 Å². The number of aromatic hydroxyl groups is 1. The highest BCUT2D eigenvalue weighted by atomic mass is 16.4. The van der Waals surface area contributed by atoms with Crippen LogP contribution in [0.2, 0.25) is 0 Å². The van der Waals surface area contributed by atoms with E-state index in [1.807, 2.05) is 13.0 Å². The van der Waals surface area contributed by atoms with Crippen molar-refractivity contribution in [3.05, 3.63) is 29.8 Å².